The zero-order valence-corrected chi connectivity index (χ0v) is 9.40. The molecule has 0 amide bonds. The molecule has 2 aliphatic rings. The smallest absolute Gasteiger partial charge is 0.147 e. The Morgan fingerprint density at radius 3 is 2.59 bits per heavy atom. The first kappa shape index (κ1) is 10.5. The number of ether oxygens (including phenoxy) is 1. The van der Waals surface area contributed by atoms with Gasteiger partial charge < -0.3 is 9.64 Å². The zero-order valence-electron chi connectivity index (χ0n) is 9.40. The Morgan fingerprint density at radius 2 is 2.00 bits per heavy atom. The minimum atomic E-state index is -0.314. The number of hydrogen-bond acceptors (Lipinski definition) is 3. The predicted octanol–water partition coefficient (Wildman–Crippen LogP) is 2.06. The zero-order chi connectivity index (χ0) is 11.8. The summed E-state index contributed by atoms with van der Waals surface area (Å²) in [6.07, 6.45) is 2.62. The van der Waals surface area contributed by atoms with Crippen LogP contribution in [0.1, 0.15) is 18.4 Å². The molecule has 0 aliphatic carbocycles. The molecule has 0 saturated carbocycles. The van der Waals surface area contributed by atoms with Crippen molar-refractivity contribution in [1.82, 2.24) is 0 Å². The summed E-state index contributed by atoms with van der Waals surface area (Å²) in [4.78, 5) is 2.03. The van der Waals surface area contributed by atoms with Gasteiger partial charge in [-0.25, -0.2) is 4.39 Å². The van der Waals surface area contributed by atoms with Gasteiger partial charge in [0.05, 0.1) is 29.5 Å². The van der Waals surface area contributed by atoms with E-state index in [1.54, 1.807) is 12.1 Å². The largest absolute Gasteiger partial charge is 0.371 e. The van der Waals surface area contributed by atoms with E-state index in [1.807, 2.05) is 11.0 Å². The number of benzene rings is 1. The molecule has 2 saturated heterocycles. The molecule has 0 radical (unpaired) electrons. The van der Waals surface area contributed by atoms with Crippen LogP contribution in [0.2, 0.25) is 0 Å². The van der Waals surface area contributed by atoms with Crippen molar-refractivity contribution >= 4 is 5.69 Å². The maximum Gasteiger partial charge on any atom is 0.147 e. The van der Waals surface area contributed by atoms with E-state index in [0.29, 0.717) is 11.3 Å². The molecule has 88 valence electrons. The highest BCUT2D eigenvalue weighted by Gasteiger charge is 2.34. The first-order valence-electron chi connectivity index (χ1n) is 5.86. The van der Waals surface area contributed by atoms with E-state index in [2.05, 4.69) is 0 Å². The molecule has 2 fully saturated rings. The van der Waals surface area contributed by atoms with Crippen molar-refractivity contribution in [3.63, 3.8) is 0 Å². The number of rotatable bonds is 1. The van der Waals surface area contributed by atoms with Crippen molar-refractivity contribution in [3.8, 4) is 6.07 Å². The van der Waals surface area contributed by atoms with Crippen LogP contribution in [-0.2, 0) is 4.74 Å². The van der Waals surface area contributed by atoms with Crippen molar-refractivity contribution in [2.75, 3.05) is 18.0 Å². The molecule has 2 heterocycles. The van der Waals surface area contributed by atoms with Gasteiger partial charge in [0.1, 0.15) is 5.82 Å². The van der Waals surface area contributed by atoms with E-state index in [1.165, 1.54) is 6.07 Å². The van der Waals surface area contributed by atoms with E-state index in [4.69, 9.17) is 10.00 Å². The fraction of sp³-hybridized carbons (Fsp3) is 0.462. The van der Waals surface area contributed by atoms with Crippen molar-refractivity contribution in [2.45, 2.75) is 25.0 Å². The molecule has 2 aliphatic heterocycles. The number of anilines is 1. The van der Waals surface area contributed by atoms with Crippen molar-refractivity contribution in [2.24, 2.45) is 0 Å². The van der Waals surface area contributed by atoms with Crippen molar-refractivity contribution < 1.29 is 9.13 Å². The highest BCUT2D eigenvalue weighted by Crippen LogP contribution is 2.31. The number of fused-ring (bicyclic) bond motifs is 2. The van der Waals surface area contributed by atoms with Gasteiger partial charge >= 0.3 is 0 Å². The monoisotopic (exact) mass is 232 g/mol. The first-order valence-corrected chi connectivity index (χ1v) is 5.86. The van der Waals surface area contributed by atoms with Gasteiger partial charge in [-0.15, -0.1) is 0 Å². The Bertz CT molecular complexity index is 471. The van der Waals surface area contributed by atoms with E-state index < -0.39 is 0 Å². The molecule has 2 atom stereocenters. The molecule has 17 heavy (non-hydrogen) atoms. The average molecular weight is 232 g/mol. The number of halogens is 1. The van der Waals surface area contributed by atoms with E-state index in [0.717, 1.165) is 25.9 Å². The average Bonchev–Trinajstić information content (AvgIpc) is 2.68. The summed E-state index contributed by atoms with van der Waals surface area (Å²) < 4.78 is 19.6. The Balaban J connectivity index is 1.87. The predicted molar refractivity (Wildman–Crippen MR) is 61.2 cm³/mol. The fourth-order valence-corrected chi connectivity index (χ4v) is 2.64. The summed E-state index contributed by atoms with van der Waals surface area (Å²) in [6, 6.07) is 6.60. The third kappa shape index (κ3) is 1.87. The van der Waals surface area contributed by atoms with E-state index in [-0.39, 0.29) is 18.0 Å². The molecular weight excluding hydrogens is 219 g/mol. The molecular formula is C13H13FN2O. The number of nitrogens with zero attached hydrogens (tertiary/aromatic N) is 2. The molecule has 3 nitrogen and oxygen atoms in total. The van der Waals surface area contributed by atoms with Gasteiger partial charge in [-0.3, -0.25) is 0 Å². The Labute approximate surface area is 99.4 Å². The summed E-state index contributed by atoms with van der Waals surface area (Å²) in [6.45, 7) is 1.50. The highest BCUT2D eigenvalue weighted by molar-refractivity contribution is 5.51. The summed E-state index contributed by atoms with van der Waals surface area (Å²) in [7, 11) is 0. The molecule has 4 heteroatoms. The van der Waals surface area contributed by atoms with Crippen LogP contribution in [0, 0.1) is 17.1 Å². The highest BCUT2D eigenvalue weighted by atomic mass is 19.1. The van der Waals surface area contributed by atoms with Gasteiger partial charge in [-0.05, 0) is 31.0 Å². The van der Waals surface area contributed by atoms with Crippen LogP contribution in [0.3, 0.4) is 0 Å². The first-order chi connectivity index (χ1) is 8.26. The second-order valence-electron chi connectivity index (χ2n) is 4.64. The van der Waals surface area contributed by atoms with Crippen molar-refractivity contribution in [3.05, 3.63) is 29.6 Å². The van der Waals surface area contributed by atoms with Gasteiger partial charge in [0.2, 0.25) is 0 Å². The minimum absolute atomic E-state index is 0.240. The maximum absolute atomic E-state index is 13.9. The normalized spacial score (nSPS) is 26.9. The Kier molecular flexibility index (Phi) is 2.49. The molecule has 2 unspecified atom stereocenters. The lowest BCUT2D eigenvalue weighted by molar-refractivity contribution is 0.0303. The standard InChI is InChI=1S/C13H13FN2O/c14-12-5-9(6-15)1-4-13(12)16-7-10-2-3-11(8-16)17-10/h1,4-5,10-11H,2-3,7-8H2. The summed E-state index contributed by atoms with van der Waals surface area (Å²) in [5.41, 5.74) is 0.951. The second-order valence-corrected chi connectivity index (χ2v) is 4.64. The molecule has 1 aromatic rings. The SMILES string of the molecule is N#Cc1ccc(N2CC3CCC(C2)O3)c(F)c1. The van der Waals surface area contributed by atoms with Crippen molar-refractivity contribution in [1.29, 1.82) is 5.26 Å². The van der Waals surface area contributed by atoms with Crippen LogP contribution in [0.5, 0.6) is 0 Å². The van der Waals surface area contributed by atoms with E-state index in [9.17, 15) is 4.39 Å². The number of morpholine rings is 1. The van der Waals surface area contributed by atoms with Crippen LogP contribution in [0.15, 0.2) is 18.2 Å². The summed E-state index contributed by atoms with van der Waals surface area (Å²) in [5, 5.41) is 8.71. The molecule has 2 bridgehead atoms. The number of hydrogen-bond donors (Lipinski definition) is 0. The summed E-state index contributed by atoms with van der Waals surface area (Å²) >= 11 is 0. The summed E-state index contributed by atoms with van der Waals surface area (Å²) in [5.74, 6) is -0.314. The van der Waals surface area contributed by atoms with Gasteiger partial charge in [0, 0.05) is 13.1 Å². The van der Waals surface area contributed by atoms with Crippen LogP contribution in [0.25, 0.3) is 0 Å². The fourth-order valence-electron chi connectivity index (χ4n) is 2.64. The lowest BCUT2D eigenvalue weighted by Gasteiger charge is -2.34. The van der Waals surface area contributed by atoms with Gasteiger partial charge in [0.25, 0.3) is 0 Å². The van der Waals surface area contributed by atoms with Gasteiger partial charge in [-0.2, -0.15) is 5.26 Å². The Hall–Kier alpha value is -1.60. The van der Waals surface area contributed by atoms with Crippen LogP contribution in [0.4, 0.5) is 10.1 Å². The molecule has 0 spiro atoms. The maximum atomic E-state index is 13.9. The minimum Gasteiger partial charge on any atom is -0.371 e. The van der Waals surface area contributed by atoms with Crippen LogP contribution < -0.4 is 4.90 Å². The Morgan fingerprint density at radius 1 is 1.29 bits per heavy atom. The topological polar surface area (TPSA) is 36.3 Å². The van der Waals surface area contributed by atoms with Crippen LogP contribution in [-0.4, -0.2) is 25.3 Å². The molecule has 0 aromatic heterocycles. The third-order valence-electron chi connectivity index (χ3n) is 3.46. The molecule has 1 aromatic carbocycles. The molecule has 0 N–H and O–H groups in total. The van der Waals surface area contributed by atoms with Gasteiger partial charge in [-0.1, -0.05) is 0 Å². The lowest BCUT2D eigenvalue weighted by Crippen LogP contribution is -2.43. The lowest BCUT2D eigenvalue weighted by atomic mass is 10.2. The third-order valence-corrected chi connectivity index (χ3v) is 3.46. The molecule has 3 rings (SSSR count). The second kappa shape index (κ2) is 4.01. The van der Waals surface area contributed by atoms with Gasteiger partial charge in [0.15, 0.2) is 0 Å². The van der Waals surface area contributed by atoms with Crippen LogP contribution >= 0.6 is 0 Å². The number of nitriles is 1. The quantitative estimate of drug-likeness (QED) is 0.743. The van der Waals surface area contributed by atoms with E-state index >= 15 is 0 Å².